The summed E-state index contributed by atoms with van der Waals surface area (Å²) >= 11 is 0. The summed E-state index contributed by atoms with van der Waals surface area (Å²) in [5.74, 6) is 1.31. The van der Waals surface area contributed by atoms with Crippen molar-refractivity contribution in [2.75, 3.05) is 44.1 Å². The molecule has 0 radical (unpaired) electrons. The molecule has 1 saturated heterocycles. The summed E-state index contributed by atoms with van der Waals surface area (Å²) in [7, 11) is 5.35. The Kier molecular flexibility index (Phi) is 8.04. The Morgan fingerprint density at radius 3 is 2.59 bits per heavy atom. The smallest absolute Gasteiger partial charge is 0.406 e. The molecular weight excluding hydrogens is 522 g/mol. The number of nitrogens with one attached hydrogen (secondary N) is 1. The minimum atomic E-state index is -0.500. The molecule has 4 aromatic rings. The summed E-state index contributed by atoms with van der Waals surface area (Å²) < 4.78 is 13.9. The third-order valence-corrected chi connectivity index (χ3v) is 7.22. The van der Waals surface area contributed by atoms with Crippen LogP contribution in [0.15, 0.2) is 48.5 Å². The topological polar surface area (TPSA) is 115 Å². The summed E-state index contributed by atoms with van der Waals surface area (Å²) in [6.45, 7) is 4.74. The van der Waals surface area contributed by atoms with Crippen LogP contribution in [-0.4, -0.2) is 66.3 Å². The fraction of sp³-hybridized carbons (Fsp3) is 0.367. The van der Waals surface area contributed by atoms with Crippen LogP contribution in [0.5, 0.6) is 5.75 Å². The van der Waals surface area contributed by atoms with Crippen LogP contribution in [0.25, 0.3) is 16.6 Å². The number of alkyl carbamates (subject to hydrolysis) is 1. The average molecular weight is 558 g/mol. The van der Waals surface area contributed by atoms with Crippen LogP contribution in [0.1, 0.15) is 42.3 Å². The van der Waals surface area contributed by atoms with Crippen molar-refractivity contribution >= 4 is 34.4 Å². The van der Waals surface area contributed by atoms with Gasteiger partial charge in [0.15, 0.2) is 5.82 Å². The highest BCUT2D eigenvalue weighted by Gasteiger charge is 2.26. The molecule has 41 heavy (non-hydrogen) atoms. The van der Waals surface area contributed by atoms with Crippen molar-refractivity contribution in [3.63, 3.8) is 0 Å². The van der Waals surface area contributed by atoms with E-state index in [9.17, 15) is 9.59 Å². The SMILES string of the molecule is CNC(=O)OCCC(Oc1cc(N2CCCC2=O)ccc1-n1nc2c(N(C)C)nnc(C)c2c1C)c1ccccc1. The Hall–Kier alpha value is -4.67. The molecule has 1 aliphatic rings. The summed E-state index contributed by atoms with van der Waals surface area (Å²) in [5.41, 5.74) is 4.83. The molecule has 1 N–H and O–H groups in total. The number of fused-ring (bicyclic) bond motifs is 1. The van der Waals surface area contributed by atoms with E-state index in [4.69, 9.17) is 14.6 Å². The van der Waals surface area contributed by atoms with Gasteiger partial charge in [-0.05, 0) is 38.0 Å². The van der Waals surface area contributed by atoms with Crippen LogP contribution < -0.4 is 19.9 Å². The molecule has 5 rings (SSSR count). The Balaban J connectivity index is 1.62. The second-order valence-corrected chi connectivity index (χ2v) is 10.2. The largest absolute Gasteiger partial charge is 0.483 e. The fourth-order valence-electron chi connectivity index (χ4n) is 5.15. The van der Waals surface area contributed by atoms with E-state index >= 15 is 0 Å². The zero-order chi connectivity index (χ0) is 29.1. The predicted molar refractivity (Wildman–Crippen MR) is 157 cm³/mol. The first kappa shape index (κ1) is 27.9. The number of benzene rings is 2. The Morgan fingerprint density at radius 2 is 1.90 bits per heavy atom. The standard InChI is InChI=1S/C30H35N7O4/c1-19-27-20(2)37(34-28(27)29(33-32-19)35(4)5)23-14-13-22(36-16-9-12-26(36)38)18-25(23)41-24(15-17-40-30(39)31-3)21-10-7-6-8-11-21/h6-8,10-11,13-14,18,24H,9,12,15-17H2,1-5H3,(H,31,39). The molecule has 1 unspecified atom stereocenters. The van der Waals surface area contributed by atoms with Crippen LogP contribution in [-0.2, 0) is 9.53 Å². The summed E-state index contributed by atoms with van der Waals surface area (Å²) in [5, 5.41) is 17.1. The number of ether oxygens (including phenoxy) is 2. The molecule has 0 spiro atoms. The minimum Gasteiger partial charge on any atom is -0.483 e. The van der Waals surface area contributed by atoms with Gasteiger partial charge < -0.3 is 24.6 Å². The highest BCUT2D eigenvalue weighted by atomic mass is 16.5. The minimum absolute atomic E-state index is 0.0895. The van der Waals surface area contributed by atoms with Crippen molar-refractivity contribution in [3.8, 4) is 11.4 Å². The summed E-state index contributed by atoms with van der Waals surface area (Å²) in [6.07, 6.45) is 0.826. The van der Waals surface area contributed by atoms with Gasteiger partial charge in [0, 0.05) is 52.3 Å². The quantitative estimate of drug-likeness (QED) is 0.320. The molecule has 11 nitrogen and oxygen atoms in total. The number of rotatable bonds is 9. The maximum Gasteiger partial charge on any atom is 0.406 e. The van der Waals surface area contributed by atoms with Gasteiger partial charge in [-0.25, -0.2) is 9.48 Å². The van der Waals surface area contributed by atoms with Crippen molar-refractivity contribution in [1.82, 2.24) is 25.3 Å². The Morgan fingerprint density at radius 1 is 1.12 bits per heavy atom. The zero-order valence-electron chi connectivity index (χ0n) is 24.0. The molecule has 2 amide bonds. The van der Waals surface area contributed by atoms with Crippen LogP contribution in [0.3, 0.4) is 0 Å². The molecule has 1 fully saturated rings. The molecule has 3 heterocycles. The molecule has 214 valence electrons. The molecule has 2 aromatic carbocycles. The van der Waals surface area contributed by atoms with E-state index in [-0.39, 0.29) is 12.5 Å². The van der Waals surface area contributed by atoms with Gasteiger partial charge in [-0.1, -0.05) is 30.3 Å². The lowest BCUT2D eigenvalue weighted by atomic mass is 10.1. The first-order valence-electron chi connectivity index (χ1n) is 13.7. The zero-order valence-corrected chi connectivity index (χ0v) is 24.0. The number of carbonyl (C=O) groups is 2. The third kappa shape index (κ3) is 5.65. The molecule has 0 saturated carbocycles. The monoisotopic (exact) mass is 557 g/mol. The average Bonchev–Trinajstić information content (AvgIpc) is 3.56. The number of nitrogens with zero attached hydrogens (tertiary/aromatic N) is 6. The first-order valence-corrected chi connectivity index (χ1v) is 13.7. The second kappa shape index (κ2) is 11.8. The van der Waals surface area contributed by atoms with E-state index < -0.39 is 12.2 Å². The van der Waals surface area contributed by atoms with Crippen LogP contribution in [0.4, 0.5) is 16.3 Å². The predicted octanol–water partition coefficient (Wildman–Crippen LogP) is 4.49. The highest BCUT2D eigenvalue weighted by Crippen LogP contribution is 2.37. The fourth-order valence-corrected chi connectivity index (χ4v) is 5.15. The van der Waals surface area contributed by atoms with Gasteiger partial charge in [0.2, 0.25) is 5.91 Å². The van der Waals surface area contributed by atoms with Gasteiger partial charge in [0.1, 0.15) is 23.1 Å². The van der Waals surface area contributed by atoms with E-state index in [1.807, 2.05) is 86.1 Å². The van der Waals surface area contributed by atoms with Crippen molar-refractivity contribution in [1.29, 1.82) is 0 Å². The van der Waals surface area contributed by atoms with Gasteiger partial charge in [-0.3, -0.25) is 4.79 Å². The van der Waals surface area contributed by atoms with Crippen molar-refractivity contribution in [2.24, 2.45) is 0 Å². The highest BCUT2D eigenvalue weighted by molar-refractivity contribution is 5.96. The molecule has 1 aliphatic heterocycles. The van der Waals surface area contributed by atoms with Gasteiger partial charge in [0.05, 0.1) is 23.4 Å². The lowest BCUT2D eigenvalue weighted by Crippen LogP contribution is -2.24. The van der Waals surface area contributed by atoms with E-state index in [1.165, 1.54) is 7.05 Å². The lowest BCUT2D eigenvalue weighted by molar-refractivity contribution is -0.117. The normalized spacial score (nSPS) is 13.9. The van der Waals surface area contributed by atoms with Crippen LogP contribution in [0.2, 0.25) is 0 Å². The summed E-state index contributed by atoms with van der Waals surface area (Å²) in [4.78, 5) is 28.0. The van der Waals surface area contributed by atoms with Crippen molar-refractivity contribution in [3.05, 3.63) is 65.5 Å². The Bertz CT molecular complexity index is 1570. The van der Waals surface area contributed by atoms with Gasteiger partial charge in [-0.15, -0.1) is 5.10 Å². The van der Waals surface area contributed by atoms with Crippen LogP contribution >= 0.6 is 0 Å². The lowest BCUT2D eigenvalue weighted by Gasteiger charge is -2.24. The molecule has 2 aromatic heterocycles. The maximum absolute atomic E-state index is 12.6. The van der Waals surface area contributed by atoms with E-state index in [0.717, 1.165) is 40.0 Å². The number of carbonyl (C=O) groups excluding carboxylic acids is 2. The number of hydrogen-bond acceptors (Lipinski definition) is 8. The van der Waals surface area contributed by atoms with Crippen molar-refractivity contribution < 1.29 is 19.1 Å². The van der Waals surface area contributed by atoms with E-state index in [0.29, 0.717) is 36.6 Å². The molecule has 0 bridgehead atoms. The van der Waals surface area contributed by atoms with Crippen molar-refractivity contribution in [2.45, 2.75) is 39.2 Å². The van der Waals surface area contributed by atoms with Crippen LogP contribution in [0, 0.1) is 13.8 Å². The van der Waals surface area contributed by atoms with Gasteiger partial charge in [0.25, 0.3) is 0 Å². The number of hydrogen-bond donors (Lipinski definition) is 1. The Labute approximate surface area is 239 Å². The number of aromatic nitrogens is 4. The number of amides is 2. The molecule has 11 heteroatoms. The third-order valence-electron chi connectivity index (χ3n) is 7.22. The molecule has 1 atom stereocenters. The molecular formula is C30H35N7O4. The van der Waals surface area contributed by atoms with Gasteiger partial charge in [-0.2, -0.15) is 10.2 Å². The number of aryl methyl sites for hydroxylation is 2. The second-order valence-electron chi connectivity index (χ2n) is 10.2. The summed E-state index contributed by atoms with van der Waals surface area (Å²) in [6, 6.07) is 15.6. The number of anilines is 2. The van der Waals surface area contributed by atoms with E-state index in [1.54, 1.807) is 4.90 Å². The van der Waals surface area contributed by atoms with E-state index in [2.05, 4.69) is 15.5 Å². The van der Waals surface area contributed by atoms with Gasteiger partial charge >= 0.3 is 6.09 Å². The maximum atomic E-state index is 12.6. The first-order chi connectivity index (χ1) is 19.8. The molecule has 0 aliphatic carbocycles.